The maximum absolute atomic E-state index is 12.0. The van der Waals surface area contributed by atoms with E-state index in [4.69, 9.17) is 0 Å². The molecule has 0 fully saturated rings. The molecule has 0 spiro atoms. The molecule has 0 saturated heterocycles. The molecule has 1 rings (SSSR count). The van der Waals surface area contributed by atoms with E-state index in [0.29, 0.717) is 0 Å². The number of halogens is 3. The zero-order chi connectivity index (χ0) is 11.5. The molecule has 2 nitrogen and oxygen atoms in total. The van der Waals surface area contributed by atoms with Crippen molar-refractivity contribution in [2.75, 3.05) is 0 Å². The summed E-state index contributed by atoms with van der Waals surface area (Å²) in [6.07, 6.45) is -4.55. The Hall–Kier alpha value is -1.65. The third kappa shape index (κ3) is 3.19. The van der Waals surface area contributed by atoms with Crippen LogP contribution in [-0.4, -0.2) is 17.8 Å². The van der Waals surface area contributed by atoms with Crippen molar-refractivity contribution in [3.8, 4) is 0 Å². The van der Waals surface area contributed by atoms with E-state index in [1.165, 1.54) is 12.1 Å². The van der Waals surface area contributed by atoms with Crippen LogP contribution < -0.4 is 0 Å². The summed E-state index contributed by atoms with van der Waals surface area (Å²) in [5, 5.41) is 0. The Balaban J connectivity index is 2.90. The van der Waals surface area contributed by atoms with Crippen molar-refractivity contribution >= 4 is 11.6 Å². The van der Waals surface area contributed by atoms with Crippen molar-refractivity contribution in [1.82, 2.24) is 0 Å². The molecule has 15 heavy (non-hydrogen) atoms. The van der Waals surface area contributed by atoms with E-state index in [9.17, 15) is 18.0 Å². The molecular weight excluding hydrogens is 207 g/mol. The molecule has 0 radical (unpaired) electrons. The first-order valence-electron chi connectivity index (χ1n) is 4.13. The van der Waals surface area contributed by atoms with Gasteiger partial charge in [0.15, 0.2) is 0 Å². The fourth-order valence-corrected chi connectivity index (χ4v) is 0.861. The van der Waals surface area contributed by atoms with Gasteiger partial charge in [-0.2, -0.15) is 13.2 Å². The third-order valence-corrected chi connectivity index (χ3v) is 1.70. The lowest BCUT2D eigenvalue weighted by atomic mass is 10.2. The molecule has 0 aliphatic carbocycles. The summed E-state index contributed by atoms with van der Waals surface area (Å²) in [5.74, 6) is -0.884. The molecule has 0 N–H and O–H groups in total. The number of amides is 1. The number of carbonyl (C=O) groups excluding carboxylic acids is 1. The quantitative estimate of drug-likeness (QED) is 0.662. The minimum Gasteiger partial charge on any atom is -0.267 e. The van der Waals surface area contributed by atoms with Crippen LogP contribution in [0.2, 0.25) is 0 Å². The van der Waals surface area contributed by atoms with Crippen LogP contribution in [0.25, 0.3) is 0 Å². The smallest absolute Gasteiger partial charge is 0.267 e. The number of hydrogen-bond donors (Lipinski definition) is 0. The normalized spacial score (nSPS) is 12.7. The van der Waals surface area contributed by atoms with Gasteiger partial charge in [0, 0.05) is 5.56 Å². The minimum atomic E-state index is -4.55. The molecule has 0 aliphatic rings. The second kappa shape index (κ2) is 4.25. The fraction of sp³-hybridized carbons (Fsp3) is 0.200. The molecule has 0 aliphatic heterocycles. The first-order chi connectivity index (χ1) is 6.91. The molecule has 0 bridgehead atoms. The van der Waals surface area contributed by atoms with Crippen molar-refractivity contribution in [1.29, 1.82) is 0 Å². The molecule has 0 saturated carbocycles. The van der Waals surface area contributed by atoms with Crippen LogP contribution in [0.15, 0.2) is 35.3 Å². The van der Waals surface area contributed by atoms with Gasteiger partial charge in [0.2, 0.25) is 0 Å². The highest BCUT2D eigenvalue weighted by atomic mass is 19.4. The Morgan fingerprint density at radius 3 is 2.20 bits per heavy atom. The molecule has 1 aromatic rings. The van der Waals surface area contributed by atoms with Crippen LogP contribution in [-0.2, 0) is 0 Å². The van der Waals surface area contributed by atoms with Crippen molar-refractivity contribution in [3.05, 3.63) is 35.9 Å². The van der Waals surface area contributed by atoms with Gasteiger partial charge < -0.3 is 0 Å². The van der Waals surface area contributed by atoms with E-state index in [-0.39, 0.29) is 5.56 Å². The van der Waals surface area contributed by atoms with E-state index in [1.807, 2.05) is 0 Å². The second-order valence-corrected chi connectivity index (χ2v) is 2.87. The Kier molecular flexibility index (Phi) is 3.24. The summed E-state index contributed by atoms with van der Waals surface area (Å²) < 4.78 is 36.1. The first kappa shape index (κ1) is 11.4. The zero-order valence-electron chi connectivity index (χ0n) is 7.88. The van der Waals surface area contributed by atoms with Gasteiger partial charge in [-0.05, 0) is 19.1 Å². The number of nitrogens with zero attached hydrogens (tertiary/aromatic N) is 1. The van der Waals surface area contributed by atoms with Crippen LogP contribution in [0.3, 0.4) is 0 Å². The molecule has 1 aromatic carbocycles. The van der Waals surface area contributed by atoms with Crippen LogP contribution in [0.5, 0.6) is 0 Å². The first-order valence-corrected chi connectivity index (χ1v) is 4.13. The summed E-state index contributed by atoms with van der Waals surface area (Å²) in [6.45, 7) is 0.765. The maximum Gasteiger partial charge on any atom is 0.429 e. The summed E-state index contributed by atoms with van der Waals surface area (Å²) >= 11 is 0. The van der Waals surface area contributed by atoms with Crippen molar-refractivity contribution < 1.29 is 18.0 Å². The van der Waals surface area contributed by atoms with Crippen LogP contribution in [0, 0.1) is 0 Å². The van der Waals surface area contributed by atoms with E-state index < -0.39 is 17.8 Å². The SMILES string of the molecule is CC(=NC(=O)c1ccccc1)C(F)(F)F. The van der Waals surface area contributed by atoms with Crippen LogP contribution in [0.1, 0.15) is 17.3 Å². The average Bonchev–Trinajstić information content (AvgIpc) is 2.17. The van der Waals surface area contributed by atoms with Crippen LogP contribution in [0.4, 0.5) is 13.2 Å². The van der Waals surface area contributed by atoms with E-state index >= 15 is 0 Å². The highest BCUT2D eigenvalue weighted by Crippen LogP contribution is 2.17. The second-order valence-electron chi connectivity index (χ2n) is 2.87. The van der Waals surface area contributed by atoms with Gasteiger partial charge in [-0.25, -0.2) is 4.99 Å². The van der Waals surface area contributed by atoms with Crippen LogP contribution >= 0.6 is 0 Å². The number of rotatable bonds is 1. The monoisotopic (exact) mass is 215 g/mol. The van der Waals surface area contributed by atoms with Crippen molar-refractivity contribution in [2.24, 2.45) is 4.99 Å². The zero-order valence-corrected chi connectivity index (χ0v) is 7.88. The van der Waals surface area contributed by atoms with Crippen molar-refractivity contribution in [2.45, 2.75) is 13.1 Å². The molecule has 80 valence electrons. The summed E-state index contributed by atoms with van der Waals surface area (Å²) in [7, 11) is 0. The Bertz CT molecular complexity index is 381. The van der Waals surface area contributed by atoms with Gasteiger partial charge in [0.05, 0.1) is 0 Å². The highest BCUT2D eigenvalue weighted by molar-refractivity contribution is 6.04. The van der Waals surface area contributed by atoms with Gasteiger partial charge >= 0.3 is 6.18 Å². The maximum atomic E-state index is 12.0. The Labute approximate surface area is 84.4 Å². The van der Waals surface area contributed by atoms with Crippen molar-refractivity contribution in [3.63, 3.8) is 0 Å². The molecule has 5 heteroatoms. The fourth-order valence-electron chi connectivity index (χ4n) is 0.861. The van der Waals surface area contributed by atoms with Gasteiger partial charge in [0.25, 0.3) is 5.91 Å². The van der Waals surface area contributed by atoms with E-state index in [2.05, 4.69) is 4.99 Å². The predicted octanol–water partition coefficient (Wildman–Crippen LogP) is 2.85. The largest absolute Gasteiger partial charge is 0.429 e. The summed E-state index contributed by atoms with van der Waals surface area (Å²) in [6, 6.07) is 7.61. The molecule has 0 unspecified atom stereocenters. The number of carbonyl (C=O) groups is 1. The lowest BCUT2D eigenvalue weighted by molar-refractivity contribution is -0.0593. The lowest BCUT2D eigenvalue weighted by Crippen LogP contribution is -2.20. The van der Waals surface area contributed by atoms with Gasteiger partial charge in [0.1, 0.15) is 5.71 Å². The predicted molar refractivity (Wildman–Crippen MR) is 49.9 cm³/mol. The third-order valence-electron chi connectivity index (χ3n) is 1.70. The Morgan fingerprint density at radius 2 is 1.73 bits per heavy atom. The number of hydrogen-bond acceptors (Lipinski definition) is 1. The minimum absolute atomic E-state index is 0.140. The highest BCUT2D eigenvalue weighted by Gasteiger charge is 2.32. The van der Waals surface area contributed by atoms with Gasteiger partial charge in [-0.3, -0.25) is 4.79 Å². The molecule has 1 amide bonds. The molecule has 0 aromatic heterocycles. The number of aliphatic imine (C=N–C) groups is 1. The van der Waals surface area contributed by atoms with E-state index in [0.717, 1.165) is 6.92 Å². The number of benzene rings is 1. The summed E-state index contributed by atoms with van der Waals surface area (Å²) in [5.41, 5.74) is -1.00. The molecule has 0 atom stereocenters. The number of alkyl halides is 3. The summed E-state index contributed by atoms with van der Waals surface area (Å²) in [4.78, 5) is 14.2. The topological polar surface area (TPSA) is 29.4 Å². The molecular formula is C10H8F3NO. The molecule has 0 heterocycles. The van der Waals surface area contributed by atoms with Gasteiger partial charge in [-0.1, -0.05) is 18.2 Å². The standard InChI is InChI=1S/C10H8F3NO/c1-7(10(11,12)13)14-9(15)8-5-3-2-4-6-8/h2-6H,1H3. The average molecular weight is 215 g/mol. The lowest BCUT2D eigenvalue weighted by Gasteiger charge is -2.04. The Morgan fingerprint density at radius 1 is 1.20 bits per heavy atom. The van der Waals surface area contributed by atoms with E-state index in [1.54, 1.807) is 18.2 Å². The van der Waals surface area contributed by atoms with Gasteiger partial charge in [-0.15, -0.1) is 0 Å².